The van der Waals surface area contributed by atoms with Crippen LogP contribution >= 0.6 is 27.7 Å². The molecule has 0 spiro atoms. The molecule has 0 aromatic heterocycles. The van der Waals surface area contributed by atoms with Crippen LogP contribution in [0, 0.1) is 5.82 Å². The van der Waals surface area contributed by atoms with Gasteiger partial charge in [0, 0.05) is 4.47 Å². The van der Waals surface area contributed by atoms with Crippen LogP contribution in [0.15, 0.2) is 22.7 Å². The van der Waals surface area contributed by atoms with Gasteiger partial charge in [0.1, 0.15) is 11.9 Å². The second-order valence-electron chi connectivity index (χ2n) is 3.77. The quantitative estimate of drug-likeness (QED) is 0.828. The van der Waals surface area contributed by atoms with Gasteiger partial charge in [-0.3, -0.25) is 4.79 Å². The van der Waals surface area contributed by atoms with E-state index in [9.17, 15) is 14.0 Å². The summed E-state index contributed by atoms with van der Waals surface area (Å²) in [6.45, 7) is 0. The first-order valence-corrected chi connectivity index (χ1v) is 7.62. The van der Waals surface area contributed by atoms with E-state index >= 15 is 0 Å². The molecular weight excluding hydrogens is 337 g/mol. The van der Waals surface area contributed by atoms with E-state index in [4.69, 9.17) is 5.11 Å². The minimum Gasteiger partial charge on any atom is -0.480 e. The third-order valence-electron chi connectivity index (χ3n) is 2.39. The summed E-state index contributed by atoms with van der Waals surface area (Å²) in [5.74, 6) is -1.47. The van der Waals surface area contributed by atoms with Crippen molar-refractivity contribution in [1.29, 1.82) is 0 Å². The van der Waals surface area contributed by atoms with Crippen LogP contribution in [0.1, 0.15) is 16.8 Å². The molecule has 2 N–H and O–H groups in total. The highest BCUT2D eigenvalue weighted by Crippen LogP contribution is 2.18. The minimum atomic E-state index is -1.08. The van der Waals surface area contributed by atoms with Crippen LogP contribution in [0.4, 0.5) is 4.39 Å². The molecule has 0 saturated carbocycles. The van der Waals surface area contributed by atoms with Crippen molar-refractivity contribution >= 4 is 39.6 Å². The maximum Gasteiger partial charge on any atom is 0.326 e. The number of aliphatic carboxylic acids is 1. The average Bonchev–Trinajstić information content (AvgIpc) is 2.33. The lowest BCUT2D eigenvalue weighted by atomic mass is 10.1. The number of carboxylic acids is 1. The first-order valence-electron chi connectivity index (χ1n) is 5.43. The van der Waals surface area contributed by atoms with Crippen LogP contribution in [0.25, 0.3) is 0 Å². The van der Waals surface area contributed by atoms with E-state index in [1.807, 2.05) is 6.26 Å². The molecule has 1 atom stereocenters. The highest BCUT2D eigenvalue weighted by Gasteiger charge is 2.21. The van der Waals surface area contributed by atoms with Crippen molar-refractivity contribution in [3.05, 3.63) is 34.1 Å². The van der Waals surface area contributed by atoms with Crippen molar-refractivity contribution < 1.29 is 19.1 Å². The zero-order chi connectivity index (χ0) is 14.4. The van der Waals surface area contributed by atoms with Crippen molar-refractivity contribution in [2.75, 3.05) is 12.0 Å². The summed E-state index contributed by atoms with van der Waals surface area (Å²) >= 11 is 4.58. The molecule has 1 aromatic rings. The summed E-state index contributed by atoms with van der Waals surface area (Å²) in [5.41, 5.74) is 0.205. The molecular formula is C12H13BrFNO3S. The summed E-state index contributed by atoms with van der Waals surface area (Å²) in [6, 6.07) is 2.67. The molecule has 0 bridgehead atoms. The number of halogens is 2. The average molecular weight is 350 g/mol. The first kappa shape index (κ1) is 16.0. The van der Waals surface area contributed by atoms with Crippen molar-refractivity contribution in [3.8, 4) is 0 Å². The molecule has 0 aliphatic heterocycles. The predicted octanol–water partition coefficient (Wildman–Crippen LogP) is 2.52. The van der Waals surface area contributed by atoms with Crippen molar-refractivity contribution in [3.63, 3.8) is 0 Å². The monoisotopic (exact) mass is 349 g/mol. The fourth-order valence-corrected chi connectivity index (χ4v) is 2.41. The number of carbonyl (C=O) groups is 2. The third-order valence-corrected chi connectivity index (χ3v) is 3.69. The van der Waals surface area contributed by atoms with Crippen molar-refractivity contribution in [2.24, 2.45) is 0 Å². The molecule has 7 heteroatoms. The molecule has 1 amide bonds. The Labute approximate surface area is 122 Å². The van der Waals surface area contributed by atoms with Gasteiger partial charge in [-0.25, -0.2) is 9.18 Å². The Kier molecular flexibility index (Phi) is 6.30. The number of hydrogen-bond donors (Lipinski definition) is 2. The lowest BCUT2D eigenvalue weighted by Gasteiger charge is -2.14. The van der Waals surface area contributed by atoms with Gasteiger partial charge in [0.15, 0.2) is 0 Å². The van der Waals surface area contributed by atoms with Gasteiger partial charge in [0.2, 0.25) is 0 Å². The standard InChI is InChI=1S/C12H13BrFNO3S/c1-19-5-4-10(12(17)18)15-11(16)8-3-2-7(14)6-9(8)13/h2-3,6,10H,4-5H2,1H3,(H,15,16)(H,17,18). The molecule has 104 valence electrons. The summed E-state index contributed by atoms with van der Waals surface area (Å²) in [5, 5.41) is 11.4. The molecule has 0 aliphatic carbocycles. The Morgan fingerprint density at radius 3 is 2.74 bits per heavy atom. The van der Waals surface area contributed by atoms with Crippen LogP contribution in [0.5, 0.6) is 0 Å². The Balaban J connectivity index is 2.78. The van der Waals surface area contributed by atoms with Crippen molar-refractivity contribution in [1.82, 2.24) is 5.32 Å². The van der Waals surface area contributed by atoms with Crippen LogP contribution < -0.4 is 5.32 Å². The van der Waals surface area contributed by atoms with Gasteiger partial charge in [0.05, 0.1) is 5.56 Å². The maximum absolute atomic E-state index is 12.9. The summed E-state index contributed by atoms with van der Waals surface area (Å²) in [7, 11) is 0. The van der Waals surface area contributed by atoms with Crippen LogP contribution in [-0.2, 0) is 4.79 Å². The normalized spacial score (nSPS) is 11.9. The van der Waals surface area contributed by atoms with Gasteiger partial charge >= 0.3 is 5.97 Å². The van der Waals surface area contributed by atoms with Gasteiger partial charge in [0.25, 0.3) is 5.91 Å². The van der Waals surface area contributed by atoms with E-state index < -0.39 is 23.7 Å². The summed E-state index contributed by atoms with van der Waals surface area (Å²) < 4.78 is 13.2. The number of thioether (sulfide) groups is 1. The fraction of sp³-hybridized carbons (Fsp3) is 0.333. The molecule has 0 fully saturated rings. The molecule has 0 saturated heterocycles. The smallest absolute Gasteiger partial charge is 0.326 e. The first-order chi connectivity index (χ1) is 8.95. The topological polar surface area (TPSA) is 66.4 Å². The Hall–Kier alpha value is -1.08. The molecule has 0 aliphatic rings. The van der Waals surface area contributed by atoms with Gasteiger partial charge in [-0.15, -0.1) is 0 Å². The van der Waals surface area contributed by atoms with Crippen molar-refractivity contribution in [2.45, 2.75) is 12.5 Å². The lowest BCUT2D eigenvalue weighted by molar-refractivity contribution is -0.139. The molecule has 0 heterocycles. The highest BCUT2D eigenvalue weighted by molar-refractivity contribution is 9.10. The molecule has 19 heavy (non-hydrogen) atoms. The minimum absolute atomic E-state index is 0.205. The SMILES string of the molecule is CSCCC(NC(=O)c1ccc(F)cc1Br)C(=O)O. The van der Waals surface area contributed by atoms with E-state index in [1.54, 1.807) is 0 Å². The van der Waals surface area contributed by atoms with Gasteiger partial charge in [-0.2, -0.15) is 11.8 Å². The number of carbonyl (C=O) groups excluding carboxylic acids is 1. The molecule has 0 radical (unpaired) electrons. The molecule has 1 aromatic carbocycles. The van der Waals surface area contributed by atoms with Gasteiger partial charge in [-0.05, 0) is 52.6 Å². The zero-order valence-electron chi connectivity index (χ0n) is 10.2. The number of carboxylic acid groups (broad SMARTS) is 1. The predicted molar refractivity (Wildman–Crippen MR) is 76.0 cm³/mol. The number of hydrogen-bond acceptors (Lipinski definition) is 3. The molecule has 1 rings (SSSR count). The summed E-state index contributed by atoms with van der Waals surface area (Å²) in [6.07, 6.45) is 2.19. The van der Waals surface area contributed by atoms with Crippen LogP contribution in [0.2, 0.25) is 0 Å². The molecule has 1 unspecified atom stereocenters. The largest absolute Gasteiger partial charge is 0.480 e. The second kappa shape index (κ2) is 7.49. The fourth-order valence-electron chi connectivity index (χ4n) is 1.40. The number of nitrogens with one attached hydrogen (secondary N) is 1. The number of rotatable bonds is 6. The van der Waals surface area contributed by atoms with Crippen LogP contribution in [-0.4, -0.2) is 35.0 Å². The Morgan fingerprint density at radius 1 is 1.53 bits per heavy atom. The molecule has 4 nitrogen and oxygen atoms in total. The van der Waals surface area contributed by atoms with E-state index in [2.05, 4.69) is 21.2 Å². The van der Waals surface area contributed by atoms with E-state index in [0.717, 1.165) is 12.1 Å². The number of amides is 1. The lowest BCUT2D eigenvalue weighted by Crippen LogP contribution is -2.41. The maximum atomic E-state index is 12.9. The highest BCUT2D eigenvalue weighted by atomic mass is 79.9. The Morgan fingerprint density at radius 2 is 2.21 bits per heavy atom. The number of benzene rings is 1. The zero-order valence-corrected chi connectivity index (χ0v) is 12.6. The third kappa shape index (κ3) is 4.83. The van der Waals surface area contributed by atoms with Gasteiger partial charge < -0.3 is 10.4 Å². The van der Waals surface area contributed by atoms with E-state index in [1.165, 1.54) is 17.8 Å². The van der Waals surface area contributed by atoms with Crippen LogP contribution in [0.3, 0.4) is 0 Å². The second-order valence-corrected chi connectivity index (χ2v) is 5.61. The van der Waals surface area contributed by atoms with E-state index in [-0.39, 0.29) is 5.56 Å². The summed E-state index contributed by atoms with van der Waals surface area (Å²) in [4.78, 5) is 22.9. The Bertz CT molecular complexity index is 484. The van der Waals surface area contributed by atoms with E-state index in [0.29, 0.717) is 16.6 Å². The van der Waals surface area contributed by atoms with Gasteiger partial charge in [-0.1, -0.05) is 0 Å².